The normalized spacial score (nSPS) is 20.8. The number of rotatable bonds is 6. The average molecular weight is 478 g/mol. The summed E-state index contributed by atoms with van der Waals surface area (Å²) in [6.07, 6.45) is 6.07. The average Bonchev–Trinajstić information content (AvgIpc) is 3.44. The maximum atomic E-state index is 12.7. The molecule has 2 fully saturated rings. The highest BCUT2D eigenvalue weighted by Gasteiger charge is 2.33. The van der Waals surface area contributed by atoms with Gasteiger partial charge in [-0.15, -0.1) is 10.2 Å². The first-order chi connectivity index (χ1) is 15.3. The lowest BCUT2D eigenvalue weighted by Crippen LogP contribution is -2.21. The summed E-state index contributed by atoms with van der Waals surface area (Å²) in [7, 11) is -3.04. The van der Waals surface area contributed by atoms with E-state index in [4.69, 9.17) is 4.42 Å². The third-order valence-electron chi connectivity index (χ3n) is 6.40. The molecule has 1 atom stereocenters. The minimum atomic E-state index is -3.04. The number of aromatic nitrogens is 3. The maximum absolute atomic E-state index is 12.7. The SMILES string of the molecule is Cc1c(C#N)c(NC(=O)CSc2nnc([C@H]3CCS(=O)(=O)C3)o2)n(C2CCCCC2)c1C. The highest BCUT2D eigenvalue weighted by Crippen LogP contribution is 2.37. The molecule has 0 spiro atoms. The van der Waals surface area contributed by atoms with Crippen molar-refractivity contribution >= 4 is 33.3 Å². The van der Waals surface area contributed by atoms with Crippen molar-refractivity contribution in [2.24, 2.45) is 0 Å². The number of thioether (sulfide) groups is 1. The molecule has 0 aromatic carbocycles. The molecule has 3 heterocycles. The number of sulfone groups is 1. The van der Waals surface area contributed by atoms with E-state index in [1.165, 1.54) is 6.42 Å². The van der Waals surface area contributed by atoms with E-state index in [0.717, 1.165) is 48.7 Å². The van der Waals surface area contributed by atoms with E-state index in [2.05, 4.69) is 26.2 Å². The third-order valence-corrected chi connectivity index (χ3v) is 8.98. The van der Waals surface area contributed by atoms with Crippen LogP contribution in [-0.4, -0.2) is 46.3 Å². The van der Waals surface area contributed by atoms with Crippen LogP contribution in [0.5, 0.6) is 0 Å². The number of anilines is 1. The number of nitrogens with zero attached hydrogens (tertiary/aromatic N) is 4. The van der Waals surface area contributed by atoms with Crippen molar-refractivity contribution in [2.75, 3.05) is 22.6 Å². The Balaban J connectivity index is 1.44. The Morgan fingerprint density at radius 1 is 1.25 bits per heavy atom. The van der Waals surface area contributed by atoms with Gasteiger partial charge in [-0.05, 0) is 38.7 Å². The topological polar surface area (TPSA) is 131 Å². The molecule has 2 aliphatic rings. The minimum absolute atomic E-state index is 0.0214. The zero-order valence-corrected chi connectivity index (χ0v) is 19.9. The van der Waals surface area contributed by atoms with Crippen LogP contribution >= 0.6 is 11.8 Å². The molecule has 1 saturated carbocycles. The molecule has 11 heteroatoms. The van der Waals surface area contributed by atoms with E-state index in [1.807, 2.05) is 13.8 Å². The molecule has 1 aliphatic carbocycles. The summed E-state index contributed by atoms with van der Waals surface area (Å²) in [5.41, 5.74) is 2.42. The number of hydrogen-bond donors (Lipinski definition) is 1. The quantitative estimate of drug-likeness (QED) is 0.626. The first kappa shape index (κ1) is 22.9. The smallest absolute Gasteiger partial charge is 0.277 e. The first-order valence-electron chi connectivity index (χ1n) is 10.9. The molecule has 2 aromatic rings. The Kier molecular flexibility index (Phi) is 6.62. The summed E-state index contributed by atoms with van der Waals surface area (Å²) in [6, 6.07) is 2.54. The summed E-state index contributed by atoms with van der Waals surface area (Å²) in [5.74, 6) is 0.534. The number of nitrogens with one attached hydrogen (secondary N) is 1. The molecule has 1 N–H and O–H groups in total. The highest BCUT2D eigenvalue weighted by molar-refractivity contribution is 7.99. The van der Waals surface area contributed by atoms with Crippen molar-refractivity contribution in [3.8, 4) is 6.07 Å². The molecule has 172 valence electrons. The monoisotopic (exact) mass is 477 g/mol. The van der Waals surface area contributed by atoms with E-state index in [1.54, 1.807) is 0 Å². The van der Waals surface area contributed by atoms with E-state index in [9.17, 15) is 18.5 Å². The molecule has 1 saturated heterocycles. The van der Waals surface area contributed by atoms with Crippen molar-refractivity contribution in [3.05, 3.63) is 22.7 Å². The van der Waals surface area contributed by atoms with Crippen molar-refractivity contribution in [1.29, 1.82) is 5.26 Å². The molecule has 1 aliphatic heterocycles. The predicted octanol–water partition coefficient (Wildman–Crippen LogP) is 3.50. The van der Waals surface area contributed by atoms with Crippen LogP contribution in [-0.2, 0) is 14.6 Å². The maximum Gasteiger partial charge on any atom is 0.277 e. The third kappa shape index (κ3) is 4.71. The molecule has 4 rings (SSSR count). The molecule has 0 unspecified atom stereocenters. The molecule has 1 amide bonds. The molecule has 9 nitrogen and oxygen atoms in total. The van der Waals surface area contributed by atoms with Gasteiger partial charge in [0.2, 0.25) is 11.8 Å². The van der Waals surface area contributed by atoms with Gasteiger partial charge in [0.1, 0.15) is 11.9 Å². The van der Waals surface area contributed by atoms with Crippen LogP contribution in [0.4, 0.5) is 5.82 Å². The second kappa shape index (κ2) is 9.27. The molecule has 32 heavy (non-hydrogen) atoms. The summed E-state index contributed by atoms with van der Waals surface area (Å²) < 4.78 is 31.0. The number of carbonyl (C=O) groups is 1. The van der Waals surface area contributed by atoms with Crippen LogP contribution in [0.3, 0.4) is 0 Å². The Bertz CT molecular complexity index is 1160. The first-order valence-corrected chi connectivity index (χ1v) is 13.7. The number of nitriles is 1. The van der Waals surface area contributed by atoms with Gasteiger partial charge in [0.05, 0.1) is 28.7 Å². The second-order valence-electron chi connectivity index (χ2n) is 8.55. The fourth-order valence-corrected chi connectivity index (χ4v) is 6.91. The van der Waals surface area contributed by atoms with Crippen molar-refractivity contribution < 1.29 is 17.6 Å². The number of carbonyl (C=O) groups excluding carboxylic acids is 1. The fourth-order valence-electron chi connectivity index (χ4n) is 4.61. The van der Waals surface area contributed by atoms with Crippen LogP contribution < -0.4 is 5.32 Å². The zero-order chi connectivity index (χ0) is 22.9. The second-order valence-corrected chi connectivity index (χ2v) is 11.7. The van der Waals surface area contributed by atoms with Crippen LogP contribution in [0, 0.1) is 25.2 Å². The lowest BCUT2D eigenvalue weighted by atomic mass is 9.95. The fraction of sp³-hybridized carbons (Fsp3) is 0.619. The van der Waals surface area contributed by atoms with Gasteiger partial charge in [-0.1, -0.05) is 31.0 Å². The van der Waals surface area contributed by atoms with Gasteiger partial charge < -0.3 is 14.3 Å². The van der Waals surface area contributed by atoms with Gasteiger partial charge in [-0.3, -0.25) is 4.79 Å². The zero-order valence-electron chi connectivity index (χ0n) is 18.3. The summed E-state index contributed by atoms with van der Waals surface area (Å²) >= 11 is 1.10. The van der Waals surface area contributed by atoms with Crippen LogP contribution in [0.25, 0.3) is 0 Å². The lowest BCUT2D eigenvalue weighted by Gasteiger charge is -2.27. The Morgan fingerprint density at radius 2 is 2.00 bits per heavy atom. The number of amides is 1. The van der Waals surface area contributed by atoms with Crippen LogP contribution in [0.2, 0.25) is 0 Å². The van der Waals surface area contributed by atoms with Gasteiger partial charge in [-0.25, -0.2) is 8.42 Å². The van der Waals surface area contributed by atoms with Gasteiger partial charge in [0.25, 0.3) is 5.22 Å². The summed E-state index contributed by atoms with van der Waals surface area (Å²) in [6.45, 7) is 3.92. The lowest BCUT2D eigenvalue weighted by molar-refractivity contribution is -0.113. The Morgan fingerprint density at radius 3 is 2.66 bits per heavy atom. The Hall–Kier alpha value is -2.32. The van der Waals surface area contributed by atoms with E-state index in [-0.39, 0.29) is 40.3 Å². The van der Waals surface area contributed by atoms with E-state index >= 15 is 0 Å². The number of hydrogen-bond acceptors (Lipinski definition) is 8. The van der Waals surface area contributed by atoms with Crippen LogP contribution in [0.15, 0.2) is 9.64 Å². The summed E-state index contributed by atoms with van der Waals surface area (Å²) in [5, 5.41) is 20.8. The minimum Gasteiger partial charge on any atom is -0.416 e. The predicted molar refractivity (Wildman–Crippen MR) is 120 cm³/mol. The molecule has 0 bridgehead atoms. The van der Waals surface area contributed by atoms with Crippen molar-refractivity contribution in [1.82, 2.24) is 14.8 Å². The standard InChI is InChI=1S/C21H27N5O4S2/c1-13-14(2)26(16-6-4-3-5-7-16)19(17(13)10-22)23-18(27)11-31-21-25-24-20(30-21)15-8-9-32(28,29)12-15/h15-16H,3-9,11-12H2,1-2H3,(H,23,27)/t15-/m0/s1. The highest BCUT2D eigenvalue weighted by atomic mass is 32.2. The van der Waals surface area contributed by atoms with Gasteiger partial charge in [0.15, 0.2) is 9.84 Å². The summed E-state index contributed by atoms with van der Waals surface area (Å²) in [4.78, 5) is 12.7. The van der Waals surface area contributed by atoms with Gasteiger partial charge in [-0.2, -0.15) is 5.26 Å². The van der Waals surface area contributed by atoms with E-state index in [0.29, 0.717) is 23.7 Å². The molecule has 0 radical (unpaired) electrons. The molecule has 2 aromatic heterocycles. The molecular weight excluding hydrogens is 450 g/mol. The van der Waals surface area contributed by atoms with Crippen molar-refractivity contribution in [2.45, 2.75) is 69.6 Å². The van der Waals surface area contributed by atoms with Gasteiger partial charge >= 0.3 is 0 Å². The van der Waals surface area contributed by atoms with E-state index < -0.39 is 9.84 Å². The van der Waals surface area contributed by atoms with Gasteiger partial charge in [0, 0.05) is 11.7 Å². The van der Waals surface area contributed by atoms with Crippen LogP contribution in [0.1, 0.15) is 73.2 Å². The largest absolute Gasteiger partial charge is 0.416 e. The molecular formula is C21H27N5O4S2. The Labute approximate surface area is 191 Å². The van der Waals surface area contributed by atoms with Crippen molar-refractivity contribution in [3.63, 3.8) is 0 Å².